The molecule has 16 heavy (non-hydrogen) atoms. The van der Waals surface area contributed by atoms with E-state index in [0.29, 0.717) is 32.2 Å². The average Bonchev–Trinajstić information content (AvgIpc) is 2.16. The molecule has 1 amide bonds. The van der Waals surface area contributed by atoms with Crippen LogP contribution in [0.1, 0.15) is 34.1 Å². The zero-order valence-corrected chi connectivity index (χ0v) is 10.9. The van der Waals surface area contributed by atoms with Gasteiger partial charge in [0.15, 0.2) is 0 Å². The van der Waals surface area contributed by atoms with Gasteiger partial charge in [-0.15, -0.1) is 0 Å². The van der Waals surface area contributed by atoms with Crippen molar-refractivity contribution in [3.8, 4) is 0 Å². The number of carbonyl (C=O) groups is 1. The van der Waals surface area contributed by atoms with E-state index in [0.717, 1.165) is 6.54 Å². The second-order valence-corrected chi connectivity index (χ2v) is 5.27. The van der Waals surface area contributed by atoms with Gasteiger partial charge in [0.25, 0.3) is 0 Å². The molecule has 1 rings (SSSR count). The van der Waals surface area contributed by atoms with Crippen molar-refractivity contribution in [1.82, 2.24) is 10.2 Å². The Morgan fingerprint density at radius 2 is 2.19 bits per heavy atom. The van der Waals surface area contributed by atoms with E-state index in [4.69, 9.17) is 4.74 Å². The smallest absolute Gasteiger partial charge is 0.224 e. The summed E-state index contributed by atoms with van der Waals surface area (Å²) in [4.78, 5) is 14.0. The molecule has 0 aromatic rings. The molecule has 0 aromatic heterocycles. The number of nitrogens with one attached hydrogen (secondary N) is 1. The van der Waals surface area contributed by atoms with Crippen molar-refractivity contribution in [3.05, 3.63) is 0 Å². The fraction of sp³-hybridized carbons (Fsp3) is 0.917. The van der Waals surface area contributed by atoms with Crippen LogP contribution in [0.4, 0.5) is 0 Å². The minimum absolute atomic E-state index is 0.160. The van der Waals surface area contributed by atoms with Crippen LogP contribution in [0.25, 0.3) is 0 Å². The van der Waals surface area contributed by atoms with Gasteiger partial charge < -0.3 is 15.0 Å². The first-order chi connectivity index (χ1) is 7.43. The number of nitrogens with zero attached hydrogens (tertiary/aromatic N) is 1. The summed E-state index contributed by atoms with van der Waals surface area (Å²) in [5.41, 5.74) is -0.160. The van der Waals surface area contributed by atoms with Crippen molar-refractivity contribution in [2.24, 2.45) is 0 Å². The molecular formula is C12H24N2O2. The first-order valence-corrected chi connectivity index (χ1v) is 6.05. The lowest BCUT2D eigenvalue weighted by Crippen LogP contribution is -2.55. The third kappa shape index (κ3) is 3.76. The SMILES string of the molecule is CC(C)NCCC(=O)N1CCOCC1(C)C. The van der Waals surface area contributed by atoms with Gasteiger partial charge in [-0.2, -0.15) is 0 Å². The summed E-state index contributed by atoms with van der Waals surface area (Å²) >= 11 is 0. The normalized spacial score (nSPS) is 20.2. The number of ether oxygens (including phenoxy) is 1. The molecular weight excluding hydrogens is 204 g/mol. The van der Waals surface area contributed by atoms with Crippen LogP contribution in [0.2, 0.25) is 0 Å². The molecule has 1 saturated heterocycles. The minimum Gasteiger partial charge on any atom is -0.377 e. The highest BCUT2D eigenvalue weighted by atomic mass is 16.5. The molecule has 0 unspecified atom stereocenters. The van der Waals surface area contributed by atoms with Crippen LogP contribution in [0.3, 0.4) is 0 Å². The standard InChI is InChI=1S/C12H24N2O2/c1-10(2)13-6-5-11(15)14-7-8-16-9-12(14,3)4/h10,13H,5-9H2,1-4H3. The second kappa shape index (κ2) is 5.64. The van der Waals surface area contributed by atoms with Crippen molar-refractivity contribution in [1.29, 1.82) is 0 Å². The van der Waals surface area contributed by atoms with Crippen molar-refractivity contribution >= 4 is 5.91 Å². The Kier molecular flexibility index (Phi) is 4.74. The van der Waals surface area contributed by atoms with Crippen molar-refractivity contribution in [2.75, 3.05) is 26.3 Å². The highest BCUT2D eigenvalue weighted by Crippen LogP contribution is 2.19. The third-order valence-electron chi connectivity index (χ3n) is 2.84. The molecule has 0 aromatic carbocycles. The van der Waals surface area contributed by atoms with Crippen molar-refractivity contribution < 1.29 is 9.53 Å². The van der Waals surface area contributed by atoms with Gasteiger partial charge in [-0.05, 0) is 13.8 Å². The van der Waals surface area contributed by atoms with Crippen LogP contribution >= 0.6 is 0 Å². The summed E-state index contributed by atoms with van der Waals surface area (Å²) in [6.45, 7) is 11.0. The number of morpholine rings is 1. The lowest BCUT2D eigenvalue weighted by molar-refractivity contribution is -0.146. The average molecular weight is 228 g/mol. The molecule has 0 radical (unpaired) electrons. The van der Waals surface area contributed by atoms with Gasteiger partial charge in [-0.1, -0.05) is 13.8 Å². The first kappa shape index (κ1) is 13.5. The maximum atomic E-state index is 12.0. The van der Waals surface area contributed by atoms with Crippen LogP contribution in [0.5, 0.6) is 0 Å². The number of carbonyl (C=O) groups excluding carboxylic acids is 1. The maximum absolute atomic E-state index is 12.0. The molecule has 4 heteroatoms. The van der Waals surface area contributed by atoms with Crippen molar-refractivity contribution in [2.45, 2.75) is 45.7 Å². The zero-order valence-electron chi connectivity index (χ0n) is 10.9. The van der Waals surface area contributed by atoms with E-state index >= 15 is 0 Å². The van der Waals surface area contributed by atoms with E-state index in [-0.39, 0.29) is 11.4 Å². The topological polar surface area (TPSA) is 41.6 Å². The summed E-state index contributed by atoms with van der Waals surface area (Å²) in [5.74, 6) is 0.224. The number of rotatable bonds is 4. The molecule has 0 spiro atoms. The largest absolute Gasteiger partial charge is 0.377 e. The zero-order chi connectivity index (χ0) is 12.2. The number of hydrogen-bond acceptors (Lipinski definition) is 3. The monoisotopic (exact) mass is 228 g/mol. The van der Waals surface area contributed by atoms with Gasteiger partial charge in [-0.25, -0.2) is 0 Å². The van der Waals surface area contributed by atoms with E-state index in [1.54, 1.807) is 0 Å². The summed E-state index contributed by atoms with van der Waals surface area (Å²) < 4.78 is 5.40. The van der Waals surface area contributed by atoms with E-state index < -0.39 is 0 Å². The molecule has 1 heterocycles. The maximum Gasteiger partial charge on any atom is 0.224 e. The molecule has 0 aliphatic carbocycles. The van der Waals surface area contributed by atoms with Crippen LogP contribution in [-0.2, 0) is 9.53 Å². The Balaban J connectivity index is 2.40. The molecule has 0 atom stereocenters. The van der Waals surface area contributed by atoms with Crippen LogP contribution in [-0.4, -0.2) is 48.7 Å². The van der Waals surface area contributed by atoms with E-state index in [1.807, 2.05) is 4.90 Å². The molecule has 1 aliphatic rings. The lowest BCUT2D eigenvalue weighted by atomic mass is 10.0. The Labute approximate surface area is 98.3 Å². The summed E-state index contributed by atoms with van der Waals surface area (Å²) in [7, 11) is 0. The summed E-state index contributed by atoms with van der Waals surface area (Å²) in [6.07, 6.45) is 0.571. The molecule has 1 N–H and O–H groups in total. The predicted molar refractivity (Wildman–Crippen MR) is 64.4 cm³/mol. The second-order valence-electron chi connectivity index (χ2n) is 5.27. The molecule has 1 fully saturated rings. The molecule has 1 aliphatic heterocycles. The fourth-order valence-corrected chi connectivity index (χ4v) is 1.92. The van der Waals surface area contributed by atoms with Crippen LogP contribution in [0, 0.1) is 0 Å². The predicted octanol–water partition coefficient (Wildman–Crippen LogP) is 1.01. The van der Waals surface area contributed by atoms with E-state index in [1.165, 1.54) is 0 Å². The van der Waals surface area contributed by atoms with Gasteiger partial charge in [0.1, 0.15) is 0 Å². The first-order valence-electron chi connectivity index (χ1n) is 6.05. The highest BCUT2D eigenvalue weighted by molar-refractivity contribution is 5.77. The summed E-state index contributed by atoms with van der Waals surface area (Å²) in [5, 5.41) is 3.26. The summed E-state index contributed by atoms with van der Waals surface area (Å²) in [6, 6.07) is 0.436. The molecule has 0 bridgehead atoms. The molecule has 4 nitrogen and oxygen atoms in total. The van der Waals surface area contributed by atoms with Gasteiger partial charge in [0.05, 0.1) is 18.8 Å². The fourth-order valence-electron chi connectivity index (χ4n) is 1.92. The number of hydrogen-bond donors (Lipinski definition) is 1. The Morgan fingerprint density at radius 1 is 1.50 bits per heavy atom. The van der Waals surface area contributed by atoms with E-state index in [2.05, 4.69) is 33.0 Å². The quantitative estimate of drug-likeness (QED) is 0.781. The highest BCUT2D eigenvalue weighted by Gasteiger charge is 2.33. The van der Waals surface area contributed by atoms with Crippen LogP contribution in [0.15, 0.2) is 0 Å². The van der Waals surface area contributed by atoms with Gasteiger partial charge in [0, 0.05) is 25.6 Å². The molecule has 0 saturated carbocycles. The van der Waals surface area contributed by atoms with E-state index in [9.17, 15) is 4.79 Å². The number of amides is 1. The van der Waals surface area contributed by atoms with Crippen molar-refractivity contribution in [3.63, 3.8) is 0 Å². The lowest BCUT2D eigenvalue weighted by Gasteiger charge is -2.42. The van der Waals surface area contributed by atoms with Gasteiger partial charge >= 0.3 is 0 Å². The van der Waals surface area contributed by atoms with Gasteiger partial charge in [-0.3, -0.25) is 4.79 Å². The molecule has 94 valence electrons. The van der Waals surface area contributed by atoms with Gasteiger partial charge in [0.2, 0.25) is 5.91 Å². The third-order valence-corrected chi connectivity index (χ3v) is 2.84. The Hall–Kier alpha value is -0.610. The Morgan fingerprint density at radius 3 is 2.75 bits per heavy atom. The Bertz CT molecular complexity index is 239. The van der Waals surface area contributed by atoms with Crippen LogP contribution < -0.4 is 5.32 Å². The minimum atomic E-state index is -0.160.